The molecule has 1 atom stereocenters. The second-order valence-electron chi connectivity index (χ2n) is 8.32. The molecule has 1 saturated heterocycles. The van der Waals surface area contributed by atoms with Crippen molar-refractivity contribution in [3.05, 3.63) is 78.9 Å². The van der Waals surface area contributed by atoms with E-state index < -0.39 is 0 Å². The average molecular weight is 440 g/mol. The van der Waals surface area contributed by atoms with Crippen LogP contribution in [0.4, 0.5) is 11.5 Å². The van der Waals surface area contributed by atoms with Gasteiger partial charge in [-0.05, 0) is 17.7 Å². The number of anilines is 2. The molecule has 2 aliphatic heterocycles. The van der Waals surface area contributed by atoms with Gasteiger partial charge in [-0.1, -0.05) is 48.5 Å². The molecule has 2 aromatic carbocycles. The maximum absolute atomic E-state index is 5.50. The number of ether oxygens (including phenoxy) is 1. The Morgan fingerprint density at radius 2 is 1.64 bits per heavy atom. The van der Waals surface area contributed by atoms with Crippen LogP contribution in [0.5, 0.6) is 0 Å². The summed E-state index contributed by atoms with van der Waals surface area (Å²) in [6, 6.07) is 20.9. The Hall–Kier alpha value is -3.78. The summed E-state index contributed by atoms with van der Waals surface area (Å²) in [6.45, 7) is 3.78. The number of hydrogen-bond donors (Lipinski definition) is 0. The molecule has 2 aromatic heterocycles. The number of para-hydroxylation sites is 1. The van der Waals surface area contributed by atoms with Crippen molar-refractivity contribution in [2.75, 3.05) is 36.2 Å². The highest BCUT2D eigenvalue weighted by atomic mass is 16.5. The predicted octanol–water partition coefficient (Wildman–Crippen LogP) is 3.35. The van der Waals surface area contributed by atoms with Crippen molar-refractivity contribution in [3.8, 4) is 0 Å². The lowest BCUT2D eigenvalue weighted by molar-refractivity contribution is 0.122. The molecule has 33 heavy (non-hydrogen) atoms. The van der Waals surface area contributed by atoms with E-state index in [1.807, 2.05) is 18.5 Å². The zero-order chi connectivity index (χ0) is 22.0. The van der Waals surface area contributed by atoms with Gasteiger partial charge in [-0.3, -0.25) is 5.01 Å². The highest BCUT2D eigenvalue weighted by molar-refractivity contribution is 6.03. The van der Waals surface area contributed by atoms with Crippen molar-refractivity contribution in [1.29, 1.82) is 0 Å². The maximum Gasteiger partial charge on any atom is 0.165 e. The monoisotopic (exact) mass is 439 g/mol. The number of aromatic nitrogens is 4. The molecule has 1 fully saturated rings. The summed E-state index contributed by atoms with van der Waals surface area (Å²) in [5, 5.41) is 7.16. The molecular formula is C25H25N7O. The van der Waals surface area contributed by atoms with Crippen LogP contribution in [-0.4, -0.2) is 57.6 Å². The lowest BCUT2D eigenvalue weighted by Crippen LogP contribution is -2.37. The van der Waals surface area contributed by atoms with Crippen LogP contribution in [0.15, 0.2) is 78.4 Å². The summed E-state index contributed by atoms with van der Waals surface area (Å²) >= 11 is 0. The van der Waals surface area contributed by atoms with Gasteiger partial charge in [-0.15, -0.1) is 0 Å². The zero-order valence-corrected chi connectivity index (χ0v) is 18.3. The first-order valence-corrected chi connectivity index (χ1v) is 11.3. The summed E-state index contributed by atoms with van der Waals surface area (Å²) in [7, 11) is 0. The van der Waals surface area contributed by atoms with Crippen LogP contribution in [0, 0.1) is 0 Å². The van der Waals surface area contributed by atoms with Crippen molar-refractivity contribution >= 4 is 28.4 Å². The van der Waals surface area contributed by atoms with Gasteiger partial charge in [0.25, 0.3) is 0 Å². The lowest BCUT2D eigenvalue weighted by atomic mass is 10.0. The van der Waals surface area contributed by atoms with Crippen molar-refractivity contribution in [3.63, 3.8) is 0 Å². The molecule has 0 amide bonds. The normalized spacial score (nSPS) is 18.7. The van der Waals surface area contributed by atoms with Gasteiger partial charge >= 0.3 is 0 Å². The van der Waals surface area contributed by atoms with E-state index in [1.54, 1.807) is 6.33 Å². The van der Waals surface area contributed by atoms with E-state index in [4.69, 9.17) is 14.8 Å². The second kappa shape index (κ2) is 8.63. The van der Waals surface area contributed by atoms with E-state index in [2.05, 4.69) is 73.0 Å². The van der Waals surface area contributed by atoms with Gasteiger partial charge in [0.05, 0.1) is 37.0 Å². The molecule has 0 aliphatic carbocycles. The van der Waals surface area contributed by atoms with Gasteiger partial charge in [-0.2, -0.15) is 5.10 Å². The number of morpholine rings is 1. The summed E-state index contributed by atoms with van der Waals surface area (Å²) in [5.41, 5.74) is 5.04. The summed E-state index contributed by atoms with van der Waals surface area (Å²) in [5.74, 6) is 0.884. The first-order valence-electron chi connectivity index (χ1n) is 11.3. The fourth-order valence-corrected chi connectivity index (χ4v) is 4.60. The Bertz CT molecular complexity index is 1270. The number of hydrazone groups is 1. The molecule has 4 heterocycles. The van der Waals surface area contributed by atoms with Crippen molar-refractivity contribution in [1.82, 2.24) is 19.5 Å². The molecule has 0 bridgehead atoms. The smallest absolute Gasteiger partial charge is 0.165 e. The summed E-state index contributed by atoms with van der Waals surface area (Å²) in [6.07, 6.45) is 4.37. The number of benzene rings is 2. The van der Waals surface area contributed by atoms with Crippen LogP contribution in [0.3, 0.4) is 0 Å². The molecule has 2 aliphatic rings. The van der Waals surface area contributed by atoms with Gasteiger partial charge in [0, 0.05) is 26.1 Å². The van der Waals surface area contributed by atoms with E-state index in [0.29, 0.717) is 13.2 Å². The van der Waals surface area contributed by atoms with Gasteiger partial charge in [-0.25, -0.2) is 15.0 Å². The first kappa shape index (κ1) is 19.9. The highest BCUT2D eigenvalue weighted by Gasteiger charge is 2.30. The Kier molecular flexibility index (Phi) is 5.20. The molecular weight excluding hydrogens is 414 g/mol. The minimum absolute atomic E-state index is 0.154. The zero-order valence-electron chi connectivity index (χ0n) is 18.3. The number of rotatable bonds is 5. The number of fused-ring (bicyclic) bond motifs is 1. The Morgan fingerprint density at radius 1 is 0.879 bits per heavy atom. The minimum Gasteiger partial charge on any atom is -0.378 e. The average Bonchev–Trinajstić information content (AvgIpc) is 3.50. The summed E-state index contributed by atoms with van der Waals surface area (Å²) in [4.78, 5) is 16.1. The molecule has 4 aromatic rings. The minimum atomic E-state index is 0.154. The lowest BCUT2D eigenvalue weighted by Gasteiger charge is -2.27. The van der Waals surface area contributed by atoms with Crippen LogP contribution in [0.1, 0.15) is 12.0 Å². The fraction of sp³-hybridized carbons (Fsp3) is 0.280. The quantitative estimate of drug-likeness (QED) is 0.475. The fourth-order valence-electron chi connectivity index (χ4n) is 4.60. The topological polar surface area (TPSA) is 71.7 Å². The second-order valence-corrected chi connectivity index (χ2v) is 8.32. The number of imidazole rings is 1. The standard InChI is InChI=1S/C25H25N7O/c1-3-7-19(8-4-1)22-15-21(32(29-22)20-9-5-2-6-10-20)16-31-18-28-23-24(26-17-27-25(23)31)30-11-13-33-14-12-30/h1-10,17-18,21H,11-16H2. The SMILES string of the molecule is c1ccc(C2=NN(c3ccccc3)C(Cn3cnc4c(N5CCOCC5)ncnc43)C2)cc1. The van der Waals surface area contributed by atoms with Gasteiger partial charge in [0.15, 0.2) is 17.0 Å². The van der Waals surface area contributed by atoms with E-state index >= 15 is 0 Å². The summed E-state index contributed by atoms with van der Waals surface area (Å²) < 4.78 is 7.63. The van der Waals surface area contributed by atoms with Gasteiger partial charge < -0.3 is 14.2 Å². The van der Waals surface area contributed by atoms with E-state index in [-0.39, 0.29) is 6.04 Å². The van der Waals surface area contributed by atoms with Crippen molar-refractivity contribution < 1.29 is 4.74 Å². The molecule has 6 rings (SSSR count). The molecule has 0 N–H and O–H groups in total. The third-order valence-corrected chi connectivity index (χ3v) is 6.23. The van der Waals surface area contributed by atoms with Crippen LogP contribution in [-0.2, 0) is 11.3 Å². The third kappa shape index (κ3) is 3.82. The molecule has 0 spiro atoms. The van der Waals surface area contributed by atoms with Crippen molar-refractivity contribution in [2.45, 2.75) is 19.0 Å². The van der Waals surface area contributed by atoms with E-state index in [0.717, 1.165) is 60.0 Å². The molecule has 0 saturated carbocycles. The van der Waals surface area contributed by atoms with Crippen molar-refractivity contribution in [2.24, 2.45) is 5.10 Å². The van der Waals surface area contributed by atoms with Gasteiger partial charge in [0.1, 0.15) is 6.33 Å². The molecule has 8 nitrogen and oxygen atoms in total. The Labute approximate surface area is 192 Å². The number of hydrogen-bond acceptors (Lipinski definition) is 7. The van der Waals surface area contributed by atoms with Crippen LogP contribution < -0.4 is 9.91 Å². The maximum atomic E-state index is 5.50. The predicted molar refractivity (Wildman–Crippen MR) is 129 cm³/mol. The Morgan fingerprint density at radius 3 is 2.42 bits per heavy atom. The number of nitrogens with zero attached hydrogens (tertiary/aromatic N) is 7. The van der Waals surface area contributed by atoms with Crippen LogP contribution >= 0.6 is 0 Å². The molecule has 166 valence electrons. The van der Waals surface area contributed by atoms with E-state index in [1.165, 1.54) is 0 Å². The van der Waals surface area contributed by atoms with Gasteiger partial charge in [0.2, 0.25) is 0 Å². The molecule has 0 radical (unpaired) electrons. The molecule has 8 heteroatoms. The largest absolute Gasteiger partial charge is 0.378 e. The Balaban J connectivity index is 1.32. The van der Waals surface area contributed by atoms with Crippen LogP contribution in [0.25, 0.3) is 11.2 Å². The molecule has 1 unspecified atom stereocenters. The van der Waals surface area contributed by atoms with Crippen LogP contribution in [0.2, 0.25) is 0 Å². The third-order valence-electron chi connectivity index (χ3n) is 6.23. The first-order chi connectivity index (χ1) is 16.4. The highest BCUT2D eigenvalue weighted by Crippen LogP contribution is 2.29. The van der Waals surface area contributed by atoms with E-state index in [9.17, 15) is 0 Å².